The number of fused-ring (bicyclic) bond motifs is 2. The molecule has 0 atom stereocenters. The van der Waals surface area contributed by atoms with Crippen LogP contribution >= 0.6 is 0 Å². The molecule has 0 amide bonds. The molecule has 6 rings (SSSR count). The minimum Gasteiger partial charge on any atom is -0.384 e. The third kappa shape index (κ3) is 4.05. The highest BCUT2D eigenvalue weighted by Crippen LogP contribution is 2.32. The largest absolute Gasteiger partial charge is 0.384 e. The van der Waals surface area contributed by atoms with Crippen LogP contribution in [0.2, 0.25) is 0 Å². The first kappa shape index (κ1) is 21.9. The van der Waals surface area contributed by atoms with Crippen LogP contribution in [0.3, 0.4) is 0 Å². The fourth-order valence-electron chi connectivity index (χ4n) is 4.15. The summed E-state index contributed by atoms with van der Waals surface area (Å²) in [6.07, 6.45) is 5.17. The van der Waals surface area contributed by atoms with Crippen molar-refractivity contribution in [1.29, 1.82) is 0 Å². The number of hydrogen-bond donors (Lipinski definition) is 4. The number of aromatic nitrogens is 8. The summed E-state index contributed by atoms with van der Waals surface area (Å²) in [6, 6.07) is 10.6. The van der Waals surface area contributed by atoms with Gasteiger partial charge in [-0.25, -0.2) is 19.3 Å². The Morgan fingerprint density at radius 1 is 1.06 bits per heavy atom. The molecule has 0 bridgehead atoms. The van der Waals surface area contributed by atoms with Crippen molar-refractivity contribution in [3.63, 3.8) is 0 Å². The molecular weight excluding hydrogens is 459 g/mol. The predicted octanol–water partition coefficient (Wildman–Crippen LogP) is 4.07. The van der Waals surface area contributed by atoms with E-state index < -0.39 is 0 Å². The van der Waals surface area contributed by atoms with E-state index in [2.05, 4.69) is 45.6 Å². The molecule has 4 N–H and O–H groups in total. The molecule has 5 aromatic heterocycles. The Hall–Kier alpha value is -4.64. The van der Waals surface area contributed by atoms with Crippen LogP contribution in [0.15, 0.2) is 55.0 Å². The van der Waals surface area contributed by atoms with Gasteiger partial charge in [0.15, 0.2) is 17.2 Å². The summed E-state index contributed by atoms with van der Waals surface area (Å²) < 4.78 is 14.5. The zero-order valence-electron chi connectivity index (χ0n) is 19.7. The quantitative estimate of drug-likeness (QED) is 0.270. The molecular formula is C25H23FN10. The molecule has 0 spiro atoms. The van der Waals surface area contributed by atoms with Gasteiger partial charge in [0.25, 0.3) is 0 Å². The van der Waals surface area contributed by atoms with Crippen LogP contribution in [-0.4, -0.2) is 72.4 Å². The summed E-state index contributed by atoms with van der Waals surface area (Å²) in [5.41, 5.74) is 7.10. The van der Waals surface area contributed by atoms with Gasteiger partial charge in [-0.05, 0) is 56.1 Å². The number of benzene rings is 1. The van der Waals surface area contributed by atoms with E-state index in [0.717, 1.165) is 34.4 Å². The standard InChI is InChI=1S/C25H23FN10/c1-36(2)8-7-27-17-10-14(9-16(26)11-17)18-5-6-28-24-21(18)32-25(33-24)23-22-20(34-35-23)4-3-19(31-22)15-12-29-30-13-15/h3-6,9-13,27H,7-8H2,1-2H3,(H,29,30)(H,34,35)(H,28,32,33). The van der Waals surface area contributed by atoms with Crippen LogP contribution in [0, 0.1) is 5.82 Å². The highest BCUT2D eigenvalue weighted by molar-refractivity contribution is 5.95. The van der Waals surface area contributed by atoms with Crippen molar-refractivity contribution < 1.29 is 4.39 Å². The summed E-state index contributed by atoms with van der Waals surface area (Å²) in [5.74, 6) is 0.201. The summed E-state index contributed by atoms with van der Waals surface area (Å²) >= 11 is 0. The first-order chi connectivity index (χ1) is 17.5. The van der Waals surface area contributed by atoms with Gasteiger partial charge in [-0.1, -0.05) is 0 Å². The number of halogens is 1. The van der Waals surface area contributed by atoms with Crippen molar-refractivity contribution in [2.24, 2.45) is 0 Å². The molecule has 0 unspecified atom stereocenters. The maximum absolute atomic E-state index is 14.5. The van der Waals surface area contributed by atoms with Gasteiger partial charge in [-0.3, -0.25) is 10.2 Å². The third-order valence-corrected chi connectivity index (χ3v) is 5.91. The van der Waals surface area contributed by atoms with Crippen LogP contribution < -0.4 is 5.32 Å². The minimum atomic E-state index is -0.321. The lowest BCUT2D eigenvalue weighted by molar-refractivity contribution is 0.425. The molecule has 11 heteroatoms. The van der Waals surface area contributed by atoms with E-state index in [0.29, 0.717) is 40.4 Å². The highest BCUT2D eigenvalue weighted by atomic mass is 19.1. The minimum absolute atomic E-state index is 0.321. The van der Waals surface area contributed by atoms with Crippen molar-refractivity contribution in [3.8, 4) is 33.9 Å². The Bertz CT molecular complexity index is 1670. The normalized spacial score (nSPS) is 11.7. The topological polar surface area (TPSA) is 127 Å². The monoisotopic (exact) mass is 482 g/mol. The fraction of sp³-hybridized carbons (Fsp3) is 0.160. The number of nitrogens with one attached hydrogen (secondary N) is 4. The lowest BCUT2D eigenvalue weighted by Gasteiger charge is -2.13. The Morgan fingerprint density at radius 2 is 1.97 bits per heavy atom. The summed E-state index contributed by atoms with van der Waals surface area (Å²) in [6.45, 7) is 1.54. The van der Waals surface area contributed by atoms with E-state index in [1.54, 1.807) is 18.6 Å². The van der Waals surface area contributed by atoms with E-state index in [1.807, 2.05) is 38.4 Å². The highest BCUT2D eigenvalue weighted by Gasteiger charge is 2.18. The number of rotatable bonds is 7. The smallest absolute Gasteiger partial charge is 0.178 e. The fourth-order valence-corrected chi connectivity index (χ4v) is 4.15. The number of hydrogen-bond acceptors (Lipinski definition) is 7. The molecule has 0 saturated carbocycles. The molecule has 36 heavy (non-hydrogen) atoms. The predicted molar refractivity (Wildman–Crippen MR) is 137 cm³/mol. The lowest BCUT2D eigenvalue weighted by atomic mass is 10.0. The van der Waals surface area contributed by atoms with E-state index >= 15 is 0 Å². The van der Waals surface area contributed by atoms with Crippen LogP contribution in [0.5, 0.6) is 0 Å². The molecule has 0 aliphatic heterocycles. The molecule has 180 valence electrons. The number of likely N-dealkylation sites (N-methyl/N-ethyl adjacent to an activating group) is 1. The Labute approximate surface area is 205 Å². The van der Waals surface area contributed by atoms with Gasteiger partial charge in [0.1, 0.15) is 11.3 Å². The molecule has 0 fully saturated rings. The summed E-state index contributed by atoms with van der Waals surface area (Å²) in [4.78, 5) is 19.3. The number of pyridine rings is 2. The zero-order chi connectivity index (χ0) is 24.6. The summed E-state index contributed by atoms with van der Waals surface area (Å²) in [5, 5.41) is 17.6. The van der Waals surface area contributed by atoms with E-state index in [-0.39, 0.29) is 5.82 Å². The first-order valence-corrected chi connectivity index (χ1v) is 11.4. The van der Waals surface area contributed by atoms with Gasteiger partial charge < -0.3 is 15.2 Å². The van der Waals surface area contributed by atoms with Gasteiger partial charge in [0, 0.05) is 42.3 Å². The second-order valence-electron chi connectivity index (χ2n) is 8.75. The van der Waals surface area contributed by atoms with Crippen LogP contribution in [0.1, 0.15) is 0 Å². The Morgan fingerprint density at radius 3 is 2.81 bits per heavy atom. The maximum atomic E-state index is 14.5. The number of anilines is 1. The molecule has 10 nitrogen and oxygen atoms in total. The molecule has 0 radical (unpaired) electrons. The van der Waals surface area contributed by atoms with Crippen molar-refractivity contribution in [3.05, 3.63) is 60.8 Å². The van der Waals surface area contributed by atoms with Gasteiger partial charge in [0.2, 0.25) is 0 Å². The van der Waals surface area contributed by atoms with Crippen molar-refractivity contribution >= 4 is 27.9 Å². The van der Waals surface area contributed by atoms with Crippen LogP contribution in [-0.2, 0) is 0 Å². The number of aromatic amines is 3. The van der Waals surface area contributed by atoms with E-state index in [9.17, 15) is 4.39 Å². The number of nitrogens with zero attached hydrogens (tertiary/aromatic N) is 6. The second-order valence-corrected chi connectivity index (χ2v) is 8.75. The number of imidazole rings is 1. The zero-order valence-corrected chi connectivity index (χ0v) is 19.7. The van der Waals surface area contributed by atoms with Crippen molar-refractivity contribution in [2.45, 2.75) is 0 Å². The van der Waals surface area contributed by atoms with Gasteiger partial charge in [-0.15, -0.1) is 0 Å². The van der Waals surface area contributed by atoms with E-state index in [1.165, 1.54) is 12.1 Å². The average Bonchev–Trinajstić information content (AvgIpc) is 3.62. The van der Waals surface area contributed by atoms with Gasteiger partial charge in [0.05, 0.1) is 22.9 Å². The van der Waals surface area contributed by atoms with Crippen molar-refractivity contribution in [2.75, 3.05) is 32.5 Å². The Kier molecular flexibility index (Phi) is 5.38. The second kappa shape index (κ2) is 8.86. The van der Waals surface area contributed by atoms with E-state index in [4.69, 9.17) is 4.98 Å². The van der Waals surface area contributed by atoms with Crippen LogP contribution in [0.25, 0.3) is 56.1 Å². The molecule has 0 saturated heterocycles. The first-order valence-electron chi connectivity index (χ1n) is 11.4. The average molecular weight is 483 g/mol. The lowest BCUT2D eigenvalue weighted by Crippen LogP contribution is -2.20. The number of H-pyrrole nitrogens is 3. The third-order valence-electron chi connectivity index (χ3n) is 5.91. The maximum Gasteiger partial charge on any atom is 0.178 e. The molecule has 6 aromatic rings. The van der Waals surface area contributed by atoms with Gasteiger partial charge >= 0.3 is 0 Å². The SMILES string of the molecule is CN(C)CCNc1cc(F)cc(-c2ccnc3nc(-c4n[nH]c5ccc(-c6cn[nH]c6)nc45)[nH]c23)c1. The molecule has 1 aromatic carbocycles. The Balaban J connectivity index is 1.41. The molecule has 0 aliphatic rings. The van der Waals surface area contributed by atoms with Gasteiger partial charge in [-0.2, -0.15) is 10.2 Å². The van der Waals surface area contributed by atoms with Crippen LogP contribution in [0.4, 0.5) is 10.1 Å². The van der Waals surface area contributed by atoms with Crippen molar-refractivity contribution in [1.82, 2.24) is 45.2 Å². The molecule has 5 heterocycles. The summed E-state index contributed by atoms with van der Waals surface area (Å²) in [7, 11) is 4.00. The molecule has 0 aliphatic carbocycles.